The molecule has 52 heavy (non-hydrogen) atoms. The highest BCUT2D eigenvalue weighted by atomic mass is 35.5. The molecule has 0 bridgehead atoms. The highest BCUT2D eigenvalue weighted by Gasteiger charge is 2.44. The van der Waals surface area contributed by atoms with E-state index < -0.39 is 22.8 Å². The van der Waals surface area contributed by atoms with Gasteiger partial charge in [-0.3, -0.25) is 9.59 Å². The lowest BCUT2D eigenvalue weighted by molar-refractivity contribution is -0.134. The fraction of sp³-hybridized carbons (Fsp3) is 0.368. The van der Waals surface area contributed by atoms with Gasteiger partial charge in [0.2, 0.25) is 11.7 Å². The third-order valence-corrected chi connectivity index (χ3v) is 10.3. The summed E-state index contributed by atoms with van der Waals surface area (Å²) in [4.78, 5) is 48.7. The molecule has 4 N–H and O–H groups in total. The molecule has 278 valence electrons. The van der Waals surface area contributed by atoms with Gasteiger partial charge in [0, 0.05) is 42.8 Å². The van der Waals surface area contributed by atoms with E-state index in [1.165, 1.54) is 21.3 Å². The quantitative estimate of drug-likeness (QED) is 0.178. The Hall–Kier alpha value is -4.78. The summed E-state index contributed by atoms with van der Waals surface area (Å²) in [6.45, 7) is 3.00. The van der Waals surface area contributed by atoms with Crippen molar-refractivity contribution in [2.45, 2.75) is 36.5 Å². The van der Waals surface area contributed by atoms with Crippen molar-refractivity contribution in [1.29, 1.82) is 0 Å². The molecule has 2 amide bonds. The standard InChI is InChI=1S/C34H39Cl2N3O5.C4H4O4/c1-42-28-19-23(20-29(43-2)30(28)44-3)31(40)39-18-14-33(22-39,25-9-10-26(35)27(36)21-25)11-17-38-32(41)34(12-15-37-16-13-34)24-7-5-4-6-8-24;5-3(6)1-2-4(7)8/h4-10,19-21,37H,11-18,22H2,1-3H3,(H,38,41);1-2H,(H,5,6)(H,7,8)/b;2-1-. The number of nitrogens with zero attached hydrogens (tertiary/aromatic N) is 1. The number of benzene rings is 3. The number of ether oxygens (including phenoxy) is 3. The van der Waals surface area contributed by atoms with Gasteiger partial charge in [0.05, 0.1) is 36.8 Å². The second-order valence-electron chi connectivity index (χ2n) is 12.5. The molecule has 1 atom stereocenters. The van der Waals surface area contributed by atoms with Gasteiger partial charge in [0.25, 0.3) is 5.91 Å². The van der Waals surface area contributed by atoms with E-state index in [-0.39, 0.29) is 11.8 Å². The maximum Gasteiger partial charge on any atom is 0.328 e. The minimum absolute atomic E-state index is 0.0397. The van der Waals surface area contributed by atoms with E-state index in [1.807, 2.05) is 47.4 Å². The van der Waals surface area contributed by atoms with Crippen molar-refractivity contribution >= 4 is 47.0 Å². The molecule has 3 aromatic carbocycles. The number of methoxy groups -OCH3 is 3. The Morgan fingerprint density at radius 3 is 1.98 bits per heavy atom. The zero-order valence-electron chi connectivity index (χ0n) is 29.2. The monoisotopic (exact) mass is 755 g/mol. The largest absolute Gasteiger partial charge is 0.493 e. The lowest BCUT2D eigenvalue weighted by Gasteiger charge is -2.37. The van der Waals surface area contributed by atoms with Gasteiger partial charge in [-0.25, -0.2) is 9.59 Å². The van der Waals surface area contributed by atoms with Crippen LogP contribution < -0.4 is 24.8 Å². The SMILES string of the molecule is COc1cc(C(=O)N2CCC(CCNC(=O)C3(c4ccccc4)CCNCC3)(c3ccc(Cl)c(Cl)c3)C2)cc(OC)c1OC.O=C(O)/C=C\C(=O)O. The van der Waals surface area contributed by atoms with Gasteiger partial charge in [-0.1, -0.05) is 59.6 Å². The summed E-state index contributed by atoms with van der Waals surface area (Å²) in [5.41, 5.74) is 1.45. The summed E-state index contributed by atoms with van der Waals surface area (Å²) in [6.07, 6.45) is 3.91. The van der Waals surface area contributed by atoms with Crippen LogP contribution in [0.2, 0.25) is 10.0 Å². The maximum absolute atomic E-state index is 13.9. The molecule has 2 saturated heterocycles. The van der Waals surface area contributed by atoms with Crippen LogP contribution in [0.3, 0.4) is 0 Å². The van der Waals surface area contributed by atoms with Crippen molar-refractivity contribution in [2.24, 2.45) is 0 Å². The van der Waals surface area contributed by atoms with Crippen LogP contribution in [-0.4, -0.2) is 92.9 Å². The predicted octanol–water partition coefficient (Wildman–Crippen LogP) is 5.34. The number of nitrogens with one attached hydrogen (secondary N) is 2. The minimum Gasteiger partial charge on any atom is -0.493 e. The van der Waals surface area contributed by atoms with Crippen LogP contribution in [0.25, 0.3) is 0 Å². The van der Waals surface area contributed by atoms with Crippen molar-refractivity contribution in [3.05, 3.63) is 99.6 Å². The Labute approximate surface area is 312 Å². The van der Waals surface area contributed by atoms with Gasteiger partial charge in [-0.15, -0.1) is 0 Å². The number of hydrogen-bond acceptors (Lipinski definition) is 8. The van der Waals surface area contributed by atoms with E-state index in [4.69, 9.17) is 47.6 Å². The third kappa shape index (κ3) is 9.36. The first-order valence-electron chi connectivity index (χ1n) is 16.6. The van der Waals surface area contributed by atoms with Gasteiger partial charge in [-0.2, -0.15) is 0 Å². The molecule has 0 aliphatic carbocycles. The summed E-state index contributed by atoms with van der Waals surface area (Å²) < 4.78 is 16.4. The number of halogens is 2. The summed E-state index contributed by atoms with van der Waals surface area (Å²) in [5, 5.41) is 23.2. The molecule has 5 rings (SSSR count). The number of carbonyl (C=O) groups excluding carboxylic acids is 2. The number of aliphatic carboxylic acids is 2. The molecule has 12 nitrogen and oxygen atoms in total. The van der Waals surface area contributed by atoms with Gasteiger partial charge in [-0.05, 0) is 74.2 Å². The number of hydrogen-bond donors (Lipinski definition) is 4. The Kier molecular flexibility index (Phi) is 13.9. The number of rotatable bonds is 12. The van der Waals surface area contributed by atoms with E-state index in [1.54, 1.807) is 18.2 Å². The zero-order valence-corrected chi connectivity index (χ0v) is 30.8. The number of amides is 2. The first-order chi connectivity index (χ1) is 24.9. The Bertz CT molecular complexity index is 1740. The van der Waals surface area contributed by atoms with E-state index in [9.17, 15) is 19.2 Å². The van der Waals surface area contributed by atoms with Crippen LogP contribution in [0.1, 0.15) is 47.2 Å². The molecule has 0 spiro atoms. The fourth-order valence-corrected chi connectivity index (χ4v) is 7.13. The first-order valence-corrected chi connectivity index (χ1v) is 17.4. The lowest BCUT2D eigenvalue weighted by atomic mass is 9.72. The average Bonchev–Trinajstić information content (AvgIpc) is 3.60. The normalized spacial score (nSPS) is 17.8. The molecule has 0 aromatic heterocycles. The van der Waals surface area contributed by atoms with Gasteiger partial charge in [0.1, 0.15) is 0 Å². The minimum atomic E-state index is -1.26. The molecule has 0 saturated carbocycles. The molecule has 14 heteroatoms. The second-order valence-corrected chi connectivity index (χ2v) is 13.3. The Morgan fingerprint density at radius 2 is 1.44 bits per heavy atom. The van der Waals surface area contributed by atoms with Gasteiger partial charge >= 0.3 is 11.9 Å². The summed E-state index contributed by atoms with van der Waals surface area (Å²) >= 11 is 12.8. The Morgan fingerprint density at radius 1 is 0.827 bits per heavy atom. The van der Waals surface area contributed by atoms with Crippen molar-refractivity contribution in [2.75, 3.05) is 54.1 Å². The molecule has 2 aliphatic rings. The molecular weight excluding hydrogens is 713 g/mol. The highest BCUT2D eigenvalue weighted by Crippen LogP contribution is 2.43. The zero-order chi connectivity index (χ0) is 37.9. The molecule has 2 heterocycles. The smallest absolute Gasteiger partial charge is 0.328 e. The lowest BCUT2D eigenvalue weighted by Crippen LogP contribution is -2.51. The fourth-order valence-electron chi connectivity index (χ4n) is 6.83. The topological polar surface area (TPSA) is 164 Å². The molecular formula is C38H43Cl2N3O9. The number of carboxylic acid groups (broad SMARTS) is 2. The van der Waals surface area contributed by atoms with Crippen LogP contribution in [0.5, 0.6) is 17.2 Å². The van der Waals surface area contributed by atoms with E-state index in [0.29, 0.717) is 77.5 Å². The molecule has 2 fully saturated rings. The highest BCUT2D eigenvalue weighted by molar-refractivity contribution is 6.42. The number of carboxylic acids is 2. The van der Waals surface area contributed by atoms with Crippen LogP contribution in [-0.2, 0) is 25.2 Å². The summed E-state index contributed by atoms with van der Waals surface area (Å²) in [7, 11) is 4.58. The number of piperidine rings is 1. The van der Waals surface area contributed by atoms with Crippen LogP contribution >= 0.6 is 23.2 Å². The van der Waals surface area contributed by atoms with Gasteiger partial charge < -0.3 is 40.0 Å². The molecule has 1 unspecified atom stereocenters. The second kappa shape index (κ2) is 18.1. The number of likely N-dealkylation sites (tertiary alicyclic amines) is 1. The maximum atomic E-state index is 13.9. The molecule has 3 aromatic rings. The van der Waals surface area contributed by atoms with E-state index in [2.05, 4.69) is 10.6 Å². The number of carbonyl (C=O) groups is 4. The molecule has 0 radical (unpaired) electrons. The molecule has 2 aliphatic heterocycles. The third-order valence-electron chi connectivity index (χ3n) is 9.56. The summed E-state index contributed by atoms with van der Waals surface area (Å²) in [6, 6.07) is 19.0. The summed E-state index contributed by atoms with van der Waals surface area (Å²) in [5.74, 6) is -1.36. The Balaban J connectivity index is 0.000000677. The van der Waals surface area contributed by atoms with Crippen molar-refractivity contribution in [3.63, 3.8) is 0 Å². The predicted molar refractivity (Wildman–Crippen MR) is 197 cm³/mol. The van der Waals surface area contributed by atoms with E-state index >= 15 is 0 Å². The first kappa shape index (κ1) is 40.0. The average molecular weight is 757 g/mol. The van der Waals surface area contributed by atoms with Gasteiger partial charge in [0.15, 0.2) is 11.5 Å². The van der Waals surface area contributed by atoms with E-state index in [0.717, 1.165) is 37.1 Å². The van der Waals surface area contributed by atoms with Crippen LogP contribution in [0, 0.1) is 0 Å². The van der Waals surface area contributed by atoms with Crippen molar-refractivity contribution in [3.8, 4) is 17.2 Å². The van der Waals surface area contributed by atoms with Crippen LogP contribution in [0.15, 0.2) is 72.8 Å². The van der Waals surface area contributed by atoms with Crippen molar-refractivity contribution in [1.82, 2.24) is 15.5 Å². The van der Waals surface area contributed by atoms with Crippen molar-refractivity contribution < 1.29 is 43.6 Å². The van der Waals surface area contributed by atoms with Crippen LogP contribution in [0.4, 0.5) is 0 Å².